The van der Waals surface area contributed by atoms with E-state index in [4.69, 9.17) is 4.74 Å². The minimum Gasteiger partial charge on any atom is -0.385 e. The van der Waals surface area contributed by atoms with Gasteiger partial charge in [-0.05, 0) is 39.8 Å². The van der Waals surface area contributed by atoms with E-state index in [2.05, 4.69) is 24.2 Å². The molecule has 0 aromatic carbocycles. The van der Waals surface area contributed by atoms with Crippen molar-refractivity contribution >= 4 is 0 Å². The Bertz CT molecular complexity index is 169. The van der Waals surface area contributed by atoms with Crippen molar-refractivity contribution in [1.29, 1.82) is 0 Å². The van der Waals surface area contributed by atoms with Crippen LogP contribution in [0, 0.1) is 0 Å². The molecule has 1 unspecified atom stereocenters. The first-order valence-corrected chi connectivity index (χ1v) is 6.67. The Kier molecular flexibility index (Phi) is 7.01. The van der Waals surface area contributed by atoms with Crippen molar-refractivity contribution in [2.24, 2.45) is 0 Å². The maximum Gasteiger partial charge on any atom is 0.0474 e. The summed E-state index contributed by atoms with van der Waals surface area (Å²) in [6, 6.07) is 1.47. The zero-order valence-corrected chi connectivity index (χ0v) is 11.2. The van der Waals surface area contributed by atoms with Crippen molar-refractivity contribution in [3.05, 3.63) is 0 Å². The minimum absolute atomic E-state index is 0.644. The topological polar surface area (TPSA) is 24.5 Å². The van der Waals surface area contributed by atoms with Crippen LogP contribution in [-0.2, 0) is 4.74 Å². The normalized spacial score (nSPS) is 19.5. The number of nitrogens with one attached hydrogen (secondary N) is 1. The van der Waals surface area contributed by atoms with Crippen molar-refractivity contribution in [2.75, 3.05) is 33.9 Å². The summed E-state index contributed by atoms with van der Waals surface area (Å²) in [5.74, 6) is 0. The molecule has 16 heavy (non-hydrogen) atoms. The second-order valence-corrected chi connectivity index (χ2v) is 5.00. The van der Waals surface area contributed by atoms with Crippen LogP contribution in [0.25, 0.3) is 0 Å². The summed E-state index contributed by atoms with van der Waals surface area (Å²) in [5, 5.41) is 3.50. The molecule has 1 aliphatic rings. The second kappa shape index (κ2) is 8.04. The number of ether oxygens (including phenoxy) is 1. The molecule has 0 radical (unpaired) electrons. The van der Waals surface area contributed by atoms with Gasteiger partial charge in [0, 0.05) is 32.3 Å². The number of methoxy groups -OCH3 is 1. The molecule has 0 saturated heterocycles. The molecule has 3 nitrogen and oxygen atoms in total. The summed E-state index contributed by atoms with van der Waals surface area (Å²) in [4.78, 5) is 2.55. The van der Waals surface area contributed by atoms with Gasteiger partial charge in [-0.15, -0.1) is 0 Å². The average Bonchev–Trinajstić information content (AvgIpc) is 2.81. The Morgan fingerprint density at radius 2 is 2.06 bits per heavy atom. The molecule has 1 atom stereocenters. The largest absolute Gasteiger partial charge is 0.385 e. The molecule has 1 aliphatic carbocycles. The first kappa shape index (κ1) is 13.9. The van der Waals surface area contributed by atoms with Gasteiger partial charge in [0.15, 0.2) is 0 Å². The lowest BCUT2D eigenvalue weighted by molar-refractivity contribution is 0.176. The number of rotatable bonds is 8. The van der Waals surface area contributed by atoms with Gasteiger partial charge in [0.2, 0.25) is 0 Å². The number of nitrogens with zero attached hydrogens (tertiary/aromatic N) is 1. The van der Waals surface area contributed by atoms with Crippen LogP contribution in [0.5, 0.6) is 0 Å². The molecule has 0 aliphatic heterocycles. The lowest BCUT2D eigenvalue weighted by atomic mass is 10.1. The molecule has 0 bridgehead atoms. The van der Waals surface area contributed by atoms with Gasteiger partial charge in [-0.3, -0.25) is 4.90 Å². The van der Waals surface area contributed by atoms with E-state index >= 15 is 0 Å². The minimum atomic E-state index is 0.644. The molecule has 0 aromatic rings. The smallest absolute Gasteiger partial charge is 0.0474 e. The number of hydrogen-bond acceptors (Lipinski definition) is 3. The van der Waals surface area contributed by atoms with E-state index in [0.717, 1.165) is 32.2 Å². The molecule has 3 heteroatoms. The molecule has 1 fully saturated rings. The van der Waals surface area contributed by atoms with Gasteiger partial charge in [0.25, 0.3) is 0 Å². The molecular formula is C13H28N2O. The third-order valence-electron chi connectivity index (χ3n) is 3.74. The van der Waals surface area contributed by atoms with Crippen LogP contribution >= 0.6 is 0 Å². The van der Waals surface area contributed by atoms with Gasteiger partial charge < -0.3 is 10.1 Å². The van der Waals surface area contributed by atoms with Crippen molar-refractivity contribution in [3.63, 3.8) is 0 Å². The average molecular weight is 228 g/mol. The Labute approximate surface area is 101 Å². The zero-order valence-electron chi connectivity index (χ0n) is 11.2. The van der Waals surface area contributed by atoms with E-state index in [1.807, 2.05) is 0 Å². The first-order chi connectivity index (χ1) is 7.75. The Hall–Kier alpha value is -0.120. The third-order valence-corrected chi connectivity index (χ3v) is 3.74. The molecule has 1 rings (SSSR count). The Morgan fingerprint density at radius 1 is 1.38 bits per heavy atom. The lowest BCUT2D eigenvalue weighted by Gasteiger charge is -2.30. The standard InChI is InChI=1S/C13H28N2O/c1-12(11-14-9-6-10-16-3)15(2)13-7-4-5-8-13/h12-14H,4-11H2,1-3H3. The van der Waals surface area contributed by atoms with Gasteiger partial charge in [-0.1, -0.05) is 12.8 Å². The number of likely N-dealkylation sites (N-methyl/N-ethyl adjacent to an activating group) is 1. The van der Waals surface area contributed by atoms with E-state index in [1.54, 1.807) is 7.11 Å². The predicted molar refractivity (Wildman–Crippen MR) is 68.8 cm³/mol. The third kappa shape index (κ3) is 4.81. The van der Waals surface area contributed by atoms with Crippen molar-refractivity contribution in [2.45, 2.75) is 51.1 Å². The monoisotopic (exact) mass is 228 g/mol. The first-order valence-electron chi connectivity index (χ1n) is 6.67. The van der Waals surface area contributed by atoms with Crippen LogP contribution in [0.1, 0.15) is 39.0 Å². The molecular weight excluding hydrogens is 200 g/mol. The molecule has 0 heterocycles. The molecule has 1 saturated carbocycles. The summed E-state index contributed by atoms with van der Waals surface area (Å²) in [5.41, 5.74) is 0. The van der Waals surface area contributed by atoms with Crippen molar-refractivity contribution in [1.82, 2.24) is 10.2 Å². The Balaban J connectivity index is 2.06. The zero-order chi connectivity index (χ0) is 11.8. The highest BCUT2D eigenvalue weighted by Gasteiger charge is 2.22. The van der Waals surface area contributed by atoms with E-state index in [9.17, 15) is 0 Å². The van der Waals surface area contributed by atoms with Gasteiger partial charge in [-0.25, -0.2) is 0 Å². The van der Waals surface area contributed by atoms with Crippen molar-refractivity contribution in [3.8, 4) is 0 Å². The van der Waals surface area contributed by atoms with Crippen LogP contribution in [0.2, 0.25) is 0 Å². The molecule has 0 spiro atoms. The molecule has 1 N–H and O–H groups in total. The fourth-order valence-electron chi connectivity index (χ4n) is 2.47. The van der Waals surface area contributed by atoms with E-state index in [-0.39, 0.29) is 0 Å². The maximum atomic E-state index is 5.03. The predicted octanol–water partition coefficient (Wildman–Crippen LogP) is 1.88. The van der Waals surface area contributed by atoms with Gasteiger partial charge in [0.05, 0.1) is 0 Å². The number of hydrogen-bond donors (Lipinski definition) is 1. The summed E-state index contributed by atoms with van der Waals surface area (Å²) in [6.07, 6.45) is 6.73. The highest BCUT2D eigenvalue weighted by atomic mass is 16.5. The van der Waals surface area contributed by atoms with Crippen LogP contribution in [0.4, 0.5) is 0 Å². The van der Waals surface area contributed by atoms with Crippen molar-refractivity contribution < 1.29 is 4.74 Å². The summed E-state index contributed by atoms with van der Waals surface area (Å²) < 4.78 is 5.03. The molecule has 0 aromatic heterocycles. The van der Waals surface area contributed by atoms with Crippen LogP contribution in [0.15, 0.2) is 0 Å². The summed E-state index contributed by atoms with van der Waals surface area (Å²) >= 11 is 0. The summed E-state index contributed by atoms with van der Waals surface area (Å²) in [7, 11) is 4.04. The molecule has 96 valence electrons. The fourth-order valence-corrected chi connectivity index (χ4v) is 2.47. The summed E-state index contributed by atoms with van der Waals surface area (Å²) in [6.45, 7) is 5.34. The van der Waals surface area contributed by atoms with Crippen LogP contribution < -0.4 is 5.32 Å². The molecule has 0 amide bonds. The highest BCUT2D eigenvalue weighted by molar-refractivity contribution is 4.79. The second-order valence-electron chi connectivity index (χ2n) is 5.00. The van der Waals surface area contributed by atoms with Gasteiger partial charge >= 0.3 is 0 Å². The van der Waals surface area contributed by atoms with Gasteiger partial charge in [-0.2, -0.15) is 0 Å². The van der Waals surface area contributed by atoms with Crippen LogP contribution in [0.3, 0.4) is 0 Å². The van der Waals surface area contributed by atoms with E-state index in [1.165, 1.54) is 25.7 Å². The highest BCUT2D eigenvalue weighted by Crippen LogP contribution is 2.23. The van der Waals surface area contributed by atoms with Crippen LogP contribution in [-0.4, -0.2) is 50.8 Å². The van der Waals surface area contributed by atoms with Gasteiger partial charge in [0.1, 0.15) is 0 Å². The Morgan fingerprint density at radius 3 is 2.69 bits per heavy atom. The van der Waals surface area contributed by atoms with E-state index < -0.39 is 0 Å². The quantitative estimate of drug-likeness (QED) is 0.642. The SMILES string of the molecule is COCCCNCC(C)N(C)C1CCCC1. The fraction of sp³-hybridized carbons (Fsp3) is 1.00. The lowest BCUT2D eigenvalue weighted by Crippen LogP contribution is -2.43. The van der Waals surface area contributed by atoms with E-state index in [0.29, 0.717) is 6.04 Å². The maximum absolute atomic E-state index is 5.03.